The summed E-state index contributed by atoms with van der Waals surface area (Å²) < 4.78 is 0. The summed E-state index contributed by atoms with van der Waals surface area (Å²) in [4.78, 5) is 2.77. The molecule has 0 spiro atoms. The fourth-order valence-electron chi connectivity index (χ4n) is 3.25. The van der Waals surface area contributed by atoms with E-state index in [4.69, 9.17) is 0 Å². The molecule has 0 saturated carbocycles. The molecule has 3 fully saturated rings. The summed E-state index contributed by atoms with van der Waals surface area (Å²) in [5, 5.41) is 7.16. The van der Waals surface area contributed by atoms with Gasteiger partial charge in [0.05, 0.1) is 0 Å². The van der Waals surface area contributed by atoms with Gasteiger partial charge in [0.15, 0.2) is 0 Å². The molecule has 3 aliphatic heterocycles. The van der Waals surface area contributed by atoms with Crippen molar-refractivity contribution in [2.75, 3.05) is 26.2 Å². The molecule has 74 valence electrons. The smallest absolute Gasteiger partial charge is 0.0350 e. The van der Waals surface area contributed by atoms with Crippen LogP contribution in [0.25, 0.3) is 0 Å². The molecule has 0 aromatic rings. The van der Waals surface area contributed by atoms with Crippen molar-refractivity contribution >= 4 is 0 Å². The molecule has 0 bridgehead atoms. The summed E-state index contributed by atoms with van der Waals surface area (Å²) >= 11 is 0. The first kappa shape index (κ1) is 8.21. The predicted octanol–water partition coefficient (Wildman–Crippen LogP) is -0.215. The van der Waals surface area contributed by atoms with Crippen molar-refractivity contribution in [3.05, 3.63) is 0 Å². The van der Waals surface area contributed by atoms with Gasteiger partial charge in [0.1, 0.15) is 0 Å². The van der Waals surface area contributed by atoms with Gasteiger partial charge in [0.2, 0.25) is 0 Å². The molecule has 3 nitrogen and oxygen atoms in total. The SMILES string of the molecule is C1CC2CNC3CNCCC3N2C1. The van der Waals surface area contributed by atoms with Crippen molar-refractivity contribution in [2.45, 2.75) is 37.4 Å². The highest BCUT2D eigenvalue weighted by molar-refractivity contribution is 5.00. The Hall–Kier alpha value is -0.120. The lowest BCUT2D eigenvalue weighted by Gasteiger charge is -2.46. The van der Waals surface area contributed by atoms with Gasteiger partial charge < -0.3 is 10.6 Å². The van der Waals surface area contributed by atoms with Crippen LogP contribution in [0, 0.1) is 0 Å². The van der Waals surface area contributed by atoms with Crippen LogP contribution < -0.4 is 10.6 Å². The summed E-state index contributed by atoms with van der Waals surface area (Å²) in [6.45, 7) is 4.97. The number of nitrogens with one attached hydrogen (secondary N) is 2. The number of hydrogen-bond acceptors (Lipinski definition) is 3. The van der Waals surface area contributed by atoms with Crippen molar-refractivity contribution in [3.63, 3.8) is 0 Å². The molecule has 13 heavy (non-hydrogen) atoms. The zero-order valence-corrected chi connectivity index (χ0v) is 8.13. The van der Waals surface area contributed by atoms with Crippen molar-refractivity contribution < 1.29 is 0 Å². The molecule has 3 rings (SSSR count). The topological polar surface area (TPSA) is 27.3 Å². The maximum Gasteiger partial charge on any atom is 0.0350 e. The first-order valence-electron chi connectivity index (χ1n) is 5.65. The Morgan fingerprint density at radius 1 is 1.15 bits per heavy atom. The Kier molecular flexibility index (Phi) is 2.04. The van der Waals surface area contributed by atoms with Crippen LogP contribution >= 0.6 is 0 Å². The monoisotopic (exact) mass is 181 g/mol. The number of fused-ring (bicyclic) bond motifs is 3. The maximum atomic E-state index is 3.69. The number of rotatable bonds is 0. The van der Waals surface area contributed by atoms with Gasteiger partial charge in [0.25, 0.3) is 0 Å². The standard InChI is InChI=1S/C10H19N3/c1-2-8-6-12-9-7-11-4-3-10(9)13(8)5-1/h8-12H,1-7H2. The normalized spacial score (nSPS) is 45.7. The highest BCUT2D eigenvalue weighted by Gasteiger charge is 2.39. The second-order valence-corrected chi connectivity index (χ2v) is 4.61. The van der Waals surface area contributed by atoms with Gasteiger partial charge in [-0.15, -0.1) is 0 Å². The molecule has 0 amide bonds. The van der Waals surface area contributed by atoms with E-state index >= 15 is 0 Å². The van der Waals surface area contributed by atoms with Gasteiger partial charge in [-0.25, -0.2) is 0 Å². The second kappa shape index (κ2) is 3.23. The summed E-state index contributed by atoms with van der Waals surface area (Å²) in [7, 11) is 0. The number of piperidine rings is 1. The van der Waals surface area contributed by atoms with Gasteiger partial charge >= 0.3 is 0 Å². The maximum absolute atomic E-state index is 3.69. The second-order valence-electron chi connectivity index (χ2n) is 4.61. The molecule has 3 heterocycles. The van der Waals surface area contributed by atoms with E-state index < -0.39 is 0 Å². The lowest BCUT2D eigenvalue weighted by Crippen LogP contribution is -2.65. The molecule has 0 aromatic heterocycles. The van der Waals surface area contributed by atoms with Crippen LogP contribution in [0.1, 0.15) is 19.3 Å². The minimum Gasteiger partial charge on any atom is -0.315 e. The Morgan fingerprint density at radius 3 is 3.15 bits per heavy atom. The van der Waals surface area contributed by atoms with Crippen LogP contribution in [-0.4, -0.2) is 49.2 Å². The van der Waals surface area contributed by atoms with E-state index in [0.717, 1.165) is 18.1 Å². The zero-order chi connectivity index (χ0) is 8.67. The fraction of sp³-hybridized carbons (Fsp3) is 1.00. The molecule has 0 radical (unpaired) electrons. The van der Waals surface area contributed by atoms with Gasteiger partial charge in [-0.1, -0.05) is 0 Å². The minimum atomic E-state index is 0.725. The Morgan fingerprint density at radius 2 is 2.15 bits per heavy atom. The van der Waals surface area contributed by atoms with E-state index in [1.165, 1.54) is 45.4 Å². The van der Waals surface area contributed by atoms with E-state index in [9.17, 15) is 0 Å². The average molecular weight is 181 g/mol. The van der Waals surface area contributed by atoms with Crippen molar-refractivity contribution in [1.82, 2.24) is 15.5 Å². The van der Waals surface area contributed by atoms with Crippen LogP contribution in [0.2, 0.25) is 0 Å². The first-order chi connectivity index (χ1) is 6.45. The third-order valence-corrected chi connectivity index (χ3v) is 3.91. The Balaban J connectivity index is 1.77. The van der Waals surface area contributed by atoms with Crippen LogP contribution in [0.5, 0.6) is 0 Å². The molecule has 3 saturated heterocycles. The number of piperazine rings is 1. The minimum absolute atomic E-state index is 0.725. The predicted molar refractivity (Wildman–Crippen MR) is 52.8 cm³/mol. The highest BCUT2D eigenvalue weighted by atomic mass is 15.3. The van der Waals surface area contributed by atoms with Gasteiger partial charge in [0, 0.05) is 31.2 Å². The summed E-state index contributed by atoms with van der Waals surface area (Å²) in [5.74, 6) is 0. The number of nitrogens with zero attached hydrogens (tertiary/aromatic N) is 1. The first-order valence-corrected chi connectivity index (χ1v) is 5.65. The molecule has 3 aliphatic rings. The summed E-state index contributed by atoms with van der Waals surface area (Å²) in [6, 6.07) is 2.42. The fourth-order valence-corrected chi connectivity index (χ4v) is 3.25. The Bertz CT molecular complexity index is 195. The van der Waals surface area contributed by atoms with Crippen LogP contribution in [0.4, 0.5) is 0 Å². The highest BCUT2D eigenvalue weighted by Crippen LogP contribution is 2.27. The largest absolute Gasteiger partial charge is 0.315 e. The lowest BCUT2D eigenvalue weighted by atomic mass is 9.95. The van der Waals surface area contributed by atoms with E-state index in [1.54, 1.807) is 0 Å². The van der Waals surface area contributed by atoms with E-state index in [-0.39, 0.29) is 0 Å². The van der Waals surface area contributed by atoms with E-state index in [0.29, 0.717) is 0 Å². The molecule has 3 atom stereocenters. The molecule has 3 unspecified atom stereocenters. The number of hydrogen-bond donors (Lipinski definition) is 2. The molecule has 2 N–H and O–H groups in total. The van der Waals surface area contributed by atoms with Crippen LogP contribution in [-0.2, 0) is 0 Å². The van der Waals surface area contributed by atoms with Crippen LogP contribution in [0.3, 0.4) is 0 Å². The third-order valence-electron chi connectivity index (χ3n) is 3.91. The van der Waals surface area contributed by atoms with Crippen molar-refractivity contribution in [3.8, 4) is 0 Å². The van der Waals surface area contributed by atoms with Gasteiger partial charge in [-0.05, 0) is 32.4 Å². The van der Waals surface area contributed by atoms with Crippen LogP contribution in [0.15, 0.2) is 0 Å². The molecule has 0 aliphatic carbocycles. The van der Waals surface area contributed by atoms with Gasteiger partial charge in [-0.2, -0.15) is 0 Å². The molecule has 3 heteroatoms. The zero-order valence-electron chi connectivity index (χ0n) is 8.13. The summed E-state index contributed by atoms with van der Waals surface area (Å²) in [6.07, 6.45) is 4.18. The lowest BCUT2D eigenvalue weighted by molar-refractivity contribution is 0.0764. The average Bonchev–Trinajstić information content (AvgIpc) is 2.65. The van der Waals surface area contributed by atoms with Crippen molar-refractivity contribution in [1.29, 1.82) is 0 Å². The molecule has 0 aromatic carbocycles. The summed E-state index contributed by atoms with van der Waals surface area (Å²) in [5.41, 5.74) is 0. The van der Waals surface area contributed by atoms with E-state index in [1.807, 2.05) is 0 Å². The van der Waals surface area contributed by atoms with Crippen molar-refractivity contribution in [2.24, 2.45) is 0 Å². The van der Waals surface area contributed by atoms with E-state index in [2.05, 4.69) is 15.5 Å². The molecular weight excluding hydrogens is 162 g/mol. The molecular formula is C10H19N3. The van der Waals surface area contributed by atoms with Gasteiger partial charge in [-0.3, -0.25) is 4.90 Å². The quantitative estimate of drug-likeness (QED) is 0.541. The Labute approximate surface area is 79.9 Å². The third kappa shape index (κ3) is 1.30.